The molecule has 82 valence electrons. The molecule has 0 heterocycles. The van der Waals surface area contributed by atoms with E-state index in [1.54, 1.807) is 0 Å². The fraction of sp³-hybridized carbons (Fsp3) is 0.111. The van der Waals surface area contributed by atoms with Crippen molar-refractivity contribution in [1.29, 1.82) is 0 Å². The Bertz CT molecular complexity index is 316. The normalized spacial score (nSPS) is 8.33. The Morgan fingerprint density at radius 1 is 1.40 bits per heavy atom. The molecule has 0 aromatic heterocycles. The maximum atomic E-state index is 9.24. The van der Waals surface area contributed by atoms with Gasteiger partial charge in [-0.25, -0.2) is 0 Å². The van der Waals surface area contributed by atoms with Crippen LogP contribution in [0.5, 0.6) is 0 Å². The van der Waals surface area contributed by atoms with Crippen molar-refractivity contribution >= 4 is 29.0 Å². The Balaban J connectivity index is 0.000000336. The summed E-state index contributed by atoms with van der Waals surface area (Å²) in [6.45, 7) is -0.278. The molecule has 0 amide bonds. The highest BCUT2D eigenvalue weighted by molar-refractivity contribution is 7.80. The molecule has 1 aromatic rings. The third kappa shape index (κ3) is 8.66. The van der Waals surface area contributed by atoms with Gasteiger partial charge in [0.25, 0.3) is 0 Å². The highest BCUT2D eigenvalue weighted by Gasteiger charge is 1.87. The fourth-order valence-electron chi connectivity index (χ4n) is 0.664. The number of hydrogen-bond donors (Lipinski definition) is 4. The van der Waals surface area contributed by atoms with Crippen molar-refractivity contribution in [3.8, 4) is 0 Å². The SMILES string of the molecule is NC(=S)Nc1ccccc1.NCC(=O)O. The standard InChI is InChI=1S/C7H8N2S.C2H5NO2/c8-7(10)9-6-4-2-1-3-5-6;3-1-2(4)5/h1-5H,(H3,8,9,10);1,3H2,(H,4,5). The Hall–Kier alpha value is -1.66. The molecule has 0 aliphatic carbocycles. The Morgan fingerprint density at radius 2 is 1.87 bits per heavy atom. The van der Waals surface area contributed by atoms with Crippen LogP contribution in [0.25, 0.3) is 0 Å². The van der Waals surface area contributed by atoms with Crippen LogP contribution in [0.15, 0.2) is 30.3 Å². The monoisotopic (exact) mass is 227 g/mol. The van der Waals surface area contributed by atoms with Gasteiger partial charge in [0.2, 0.25) is 0 Å². The van der Waals surface area contributed by atoms with Crippen LogP contribution in [0.3, 0.4) is 0 Å². The summed E-state index contributed by atoms with van der Waals surface area (Å²) in [6, 6.07) is 9.57. The van der Waals surface area contributed by atoms with Crippen molar-refractivity contribution in [3.05, 3.63) is 30.3 Å². The number of benzene rings is 1. The third-order valence-corrected chi connectivity index (χ3v) is 1.32. The first-order chi connectivity index (χ1) is 7.06. The number of para-hydroxylation sites is 1. The summed E-state index contributed by atoms with van der Waals surface area (Å²) in [4.78, 5) is 9.24. The first-order valence-electron chi connectivity index (χ1n) is 4.09. The van der Waals surface area contributed by atoms with Crippen molar-refractivity contribution in [2.75, 3.05) is 11.9 Å². The minimum absolute atomic E-state index is 0.278. The summed E-state index contributed by atoms with van der Waals surface area (Å²) >= 11 is 4.64. The quantitative estimate of drug-likeness (QED) is 0.545. The molecule has 0 spiro atoms. The molecule has 0 bridgehead atoms. The molecule has 6 N–H and O–H groups in total. The second-order valence-electron chi connectivity index (χ2n) is 2.45. The third-order valence-electron chi connectivity index (χ3n) is 1.22. The molecule has 0 radical (unpaired) electrons. The van der Waals surface area contributed by atoms with Crippen LogP contribution in [0, 0.1) is 0 Å². The van der Waals surface area contributed by atoms with Crippen LogP contribution in [-0.2, 0) is 4.79 Å². The van der Waals surface area contributed by atoms with Crippen molar-refractivity contribution in [1.82, 2.24) is 0 Å². The van der Waals surface area contributed by atoms with Gasteiger partial charge in [-0.05, 0) is 24.4 Å². The van der Waals surface area contributed by atoms with Gasteiger partial charge < -0.3 is 21.9 Å². The Labute approximate surface area is 93.1 Å². The number of thiocarbonyl (C=S) groups is 1. The van der Waals surface area contributed by atoms with E-state index < -0.39 is 5.97 Å². The van der Waals surface area contributed by atoms with E-state index in [9.17, 15) is 4.79 Å². The minimum atomic E-state index is -0.968. The van der Waals surface area contributed by atoms with E-state index in [4.69, 9.17) is 10.8 Å². The zero-order chi connectivity index (χ0) is 11.7. The van der Waals surface area contributed by atoms with Crippen LogP contribution >= 0.6 is 12.2 Å². The minimum Gasteiger partial charge on any atom is -0.480 e. The fourth-order valence-corrected chi connectivity index (χ4v) is 0.782. The van der Waals surface area contributed by atoms with E-state index in [-0.39, 0.29) is 6.54 Å². The lowest BCUT2D eigenvalue weighted by molar-refractivity contribution is -0.135. The molecule has 0 saturated carbocycles. The van der Waals surface area contributed by atoms with Crippen LogP contribution in [0.4, 0.5) is 5.69 Å². The zero-order valence-corrected chi connectivity index (χ0v) is 8.83. The smallest absolute Gasteiger partial charge is 0.317 e. The number of nitrogens with one attached hydrogen (secondary N) is 1. The molecule has 1 rings (SSSR count). The van der Waals surface area contributed by atoms with E-state index in [0.29, 0.717) is 5.11 Å². The van der Waals surface area contributed by atoms with Crippen LogP contribution in [0.2, 0.25) is 0 Å². The first-order valence-corrected chi connectivity index (χ1v) is 4.50. The van der Waals surface area contributed by atoms with Crippen LogP contribution < -0.4 is 16.8 Å². The lowest BCUT2D eigenvalue weighted by Gasteiger charge is -2.00. The Morgan fingerprint density at radius 3 is 2.20 bits per heavy atom. The molecule has 0 atom stereocenters. The number of anilines is 1. The second-order valence-corrected chi connectivity index (χ2v) is 2.89. The number of hydrogen-bond acceptors (Lipinski definition) is 3. The first kappa shape index (κ1) is 13.3. The van der Waals surface area contributed by atoms with Gasteiger partial charge in [0.15, 0.2) is 5.11 Å². The summed E-state index contributed by atoms with van der Waals surface area (Å²) in [5.41, 5.74) is 10.7. The Kier molecular flexibility index (Phi) is 6.86. The van der Waals surface area contributed by atoms with E-state index in [1.165, 1.54) is 0 Å². The van der Waals surface area contributed by atoms with Gasteiger partial charge >= 0.3 is 5.97 Å². The van der Waals surface area contributed by atoms with E-state index in [2.05, 4.69) is 23.3 Å². The predicted molar refractivity (Wildman–Crippen MR) is 63.5 cm³/mol. The largest absolute Gasteiger partial charge is 0.480 e. The molecule has 0 fully saturated rings. The zero-order valence-electron chi connectivity index (χ0n) is 8.01. The number of rotatable bonds is 2. The lowest BCUT2D eigenvalue weighted by Crippen LogP contribution is -2.18. The summed E-state index contributed by atoms with van der Waals surface area (Å²) < 4.78 is 0. The molecular formula is C9H13N3O2S. The topological polar surface area (TPSA) is 101 Å². The average molecular weight is 227 g/mol. The molecular weight excluding hydrogens is 214 g/mol. The van der Waals surface area contributed by atoms with Crippen molar-refractivity contribution in [2.24, 2.45) is 11.5 Å². The molecule has 6 heteroatoms. The summed E-state index contributed by atoms with van der Waals surface area (Å²) in [5, 5.41) is 10.7. The lowest BCUT2D eigenvalue weighted by atomic mass is 10.3. The molecule has 15 heavy (non-hydrogen) atoms. The van der Waals surface area contributed by atoms with Crippen molar-refractivity contribution in [2.45, 2.75) is 0 Å². The maximum absolute atomic E-state index is 9.24. The molecule has 0 unspecified atom stereocenters. The second kappa shape index (κ2) is 7.72. The summed E-state index contributed by atoms with van der Waals surface area (Å²) in [6.07, 6.45) is 0. The van der Waals surface area contributed by atoms with E-state index in [1.807, 2.05) is 30.3 Å². The van der Waals surface area contributed by atoms with Crippen LogP contribution in [-0.4, -0.2) is 22.7 Å². The van der Waals surface area contributed by atoms with Crippen molar-refractivity contribution < 1.29 is 9.90 Å². The molecule has 0 aliphatic rings. The molecule has 0 saturated heterocycles. The van der Waals surface area contributed by atoms with Crippen molar-refractivity contribution in [3.63, 3.8) is 0 Å². The number of carbonyl (C=O) groups is 1. The van der Waals surface area contributed by atoms with E-state index >= 15 is 0 Å². The number of carboxylic acid groups (broad SMARTS) is 1. The van der Waals surface area contributed by atoms with Gasteiger partial charge in [-0.2, -0.15) is 0 Å². The maximum Gasteiger partial charge on any atom is 0.317 e. The average Bonchev–Trinajstić information content (AvgIpc) is 2.19. The highest BCUT2D eigenvalue weighted by atomic mass is 32.1. The highest BCUT2D eigenvalue weighted by Crippen LogP contribution is 2.03. The molecule has 1 aromatic carbocycles. The van der Waals surface area contributed by atoms with Gasteiger partial charge in [-0.15, -0.1) is 0 Å². The number of aliphatic carboxylic acids is 1. The van der Waals surface area contributed by atoms with Gasteiger partial charge in [-0.1, -0.05) is 18.2 Å². The molecule has 5 nitrogen and oxygen atoms in total. The van der Waals surface area contributed by atoms with Crippen LogP contribution in [0.1, 0.15) is 0 Å². The number of carboxylic acids is 1. The van der Waals surface area contributed by atoms with Gasteiger partial charge in [0.05, 0.1) is 6.54 Å². The van der Waals surface area contributed by atoms with Gasteiger partial charge in [0.1, 0.15) is 0 Å². The predicted octanol–water partition coefficient (Wildman–Crippen LogP) is 0.372. The van der Waals surface area contributed by atoms with Gasteiger partial charge in [0, 0.05) is 5.69 Å². The summed E-state index contributed by atoms with van der Waals surface area (Å²) in [5.74, 6) is -0.968. The van der Waals surface area contributed by atoms with Gasteiger partial charge in [-0.3, -0.25) is 4.79 Å². The number of nitrogens with two attached hydrogens (primary N) is 2. The molecule has 0 aliphatic heterocycles. The summed E-state index contributed by atoms with van der Waals surface area (Å²) in [7, 11) is 0. The van der Waals surface area contributed by atoms with E-state index in [0.717, 1.165) is 5.69 Å².